The van der Waals surface area contributed by atoms with E-state index in [0.29, 0.717) is 16.7 Å². The van der Waals surface area contributed by atoms with E-state index in [1.54, 1.807) is 50.5 Å². The van der Waals surface area contributed by atoms with E-state index in [-0.39, 0.29) is 49.4 Å². The molecule has 3 N–H and O–H groups in total. The van der Waals surface area contributed by atoms with E-state index < -0.39 is 17.9 Å². The molecule has 0 aliphatic rings. The molecular weight excluding hydrogens is 524 g/mol. The molecule has 25 heavy (non-hydrogen) atoms. The Morgan fingerprint density at radius 1 is 0.600 bits per heavy atom. The van der Waals surface area contributed by atoms with Crippen molar-refractivity contribution in [2.24, 2.45) is 0 Å². The fourth-order valence-electron chi connectivity index (χ4n) is 1.16. The van der Waals surface area contributed by atoms with Gasteiger partial charge in [0.05, 0.1) is 16.7 Å². The van der Waals surface area contributed by atoms with Crippen molar-refractivity contribution in [3.8, 4) is 0 Å². The zero-order valence-electron chi connectivity index (χ0n) is 12.4. The minimum Gasteiger partial charge on any atom is -0.478 e. The van der Waals surface area contributed by atoms with Crippen molar-refractivity contribution in [3.05, 3.63) is 67.2 Å². The first-order valence-corrected chi connectivity index (χ1v) is 9.01. The average molecular weight is 536 g/mol. The van der Waals surface area contributed by atoms with Gasteiger partial charge in [0, 0.05) is 65.5 Å². The van der Waals surface area contributed by atoms with Gasteiger partial charge in [0.2, 0.25) is 0 Å². The Balaban J connectivity index is 0.000000339. The van der Waals surface area contributed by atoms with Gasteiger partial charge in [0.25, 0.3) is 0 Å². The summed E-state index contributed by atoms with van der Waals surface area (Å²) >= 11 is 4.16. The number of carboxylic acid groups (broad SMARTS) is 3. The Kier molecular flexibility index (Phi) is 12.8. The number of carboxylic acids is 3. The molecule has 0 bridgehead atoms. The molecule has 0 saturated heterocycles. The molecule has 0 atom stereocenters. The van der Waals surface area contributed by atoms with Crippen molar-refractivity contribution in [2.45, 2.75) is 0 Å². The van der Waals surface area contributed by atoms with Crippen LogP contribution in [0.4, 0.5) is 0 Å². The standard InChI is InChI=1S/3C5H4O2S.Eu/c3*6-5(7)4-1-2-8-3-4;/h3*1-3H,(H,6,7);. The molecule has 133 valence electrons. The Morgan fingerprint density at radius 3 is 0.920 bits per heavy atom. The molecule has 0 aromatic carbocycles. The maximum atomic E-state index is 10.1. The first kappa shape index (κ1) is 24.1. The summed E-state index contributed by atoms with van der Waals surface area (Å²) in [6.07, 6.45) is 0. The van der Waals surface area contributed by atoms with Crippen LogP contribution in [0.3, 0.4) is 0 Å². The largest absolute Gasteiger partial charge is 0.478 e. The number of hydrogen-bond acceptors (Lipinski definition) is 6. The molecule has 3 heterocycles. The molecule has 1 radical (unpaired) electrons. The summed E-state index contributed by atoms with van der Waals surface area (Å²) in [6, 6.07) is 4.73. The normalized spacial score (nSPS) is 8.64. The first-order chi connectivity index (χ1) is 11.4. The third-order valence-corrected chi connectivity index (χ3v) is 4.35. The Labute approximate surface area is 195 Å². The molecule has 3 aromatic heterocycles. The summed E-state index contributed by atoms with van der Waals surface area (Å²) in [5, 5.41) is 34.9. The minimum absolute atomic E-state index is 0. The topological polar surface area (TPSA) is 112 Å². The monoisotopic (exact) mass is 537 g/mol. The third kappa shape index (κ3) is 9.98. The molecule has 0 aliphatic heterocycles. The van der Waals surface area contributed by atoms with Crippen LogP contribution in [-0.4, -0.2) is 33.2 Å². The van der Waals surface area contributed by atoms with Crippen LogP contribution in [0, 0.1) is 49.4 Å². The van der Waals surface area contributed by atoms with Crippen LogP contribution >= 0.6 is 34.0 Å². The van der Waals surface area contributed by atoms with Gasteiger partial charge in [-0.3, -0.25) is 0 Å². The van der Waals surface area contributed by atoms with Gasteiger partial charge in [0.1, 0.15) is 0 Å². The van der Waals surface area contributed by atoms with E-state index in [1.165, 1.54) is 34.0 Å². The maximum absolute atomic E-state index is 10.1. The molecule has 0 spiro atoms. The Hall–Kier alpha value is -0.906. The summed E-state index contributed by atoms with van der Waals surface area (Å²) in [4.78, 5) is 30.2. The second-order valence-corrected chi connectivity index (χ2v) is 6.29. The summed E-state index contributed by atoms with van der Waals surface area (Å²) in [5.74, 6) is -2.57. The summed E-state index contributed by atoms with van der Waals surface area (Å²) in [6.45, 7) is 0. The SMILES string of the molecule is O=C(O)c1ccsc1.O=C(O)c1ccsc1.O=C(O)c1ccsc1.[Eu]. The molecule has 0 aliphatic carbocycles. The smallest absolute Gasteiger partial charge is 0.336 e. The van der Waals surface area contributed by atoms with Crippen molar-refractivity contribution in [1.82, 2.24) is 0 Å². The van der Waals surface area contributed by atoms with Gasteiger partial charge < -0.3 is 15.3 Å². The number of carbonyl (C=O) groups is 3. The van der Waals surface area contributed by atoms with Gasteiger partial charge in [-0.25, -0.2) is 14.4 Å². The fraction of sp³-hybridized carbons (Fsp3) is 0. The van der Waals surface area contributed by atoms with E-state index in [0.717, 1.165) is 0 Å². The van der Waals surface area contributed by atoms with Crippen LogP contribution in [-0.2, 0) is 0 Å². The predicted molar refractivity (Wildman–Crippen MR) is 93.8 cm³/mol. The number of thiophene rings is 3. The van der Waals surface area contributed by atoms with Crippen molar-refractivity contribution < 1.29 is 79.1 Å². The zero-order chi connectivity index (χ0) is 17.9. The van der Waals surface area contributed by atoms with Crippen LogP contribution < -0.4 is 0 Å². The summed E-state index contributed by atoms with van der Waals surface area (Å²) < 4.78 is 0. The van der Waals surface area contributed by atoms with Crippen molar-refractivity contribution >= 4 is 51.9 Å². The van der Waals surface area contributed by atoms with Gasteiger partial charge >= 0.3 is 17.9 Å². The predicted octanol–water partition coefficient (Wildman–Crippen LogP) is 4.34. The quantitative estimate of drug-likeness (QED) is 0.459. The minimum atomic E-state index is -0.855. The number of aromatic carboxylic acids is 3. The second-order valence-electron chi connectivity index (χ2n) is 3.95. The molecule has 0 unspecified atom stereocenters. The maximum Gasteiger partial charge on any atom is 0.336 e. The second kappa shape index (κ2) is 13.3. The Bertz CT molecular complexity index is 646. The van der Waals surface area contributed by atoms with Crippen LogP contribution in [0.1, 0.15) is 31.1 Å². The van der Waals surface area contributed by atoms with Gasteiger partial charge in [0.15, 0.2) is 0 Å². The summed E-state index contributed by atoms with van der Waals surface area (Å²) in [5.41, 5.74) is 1.11. The fourth-order valence-corrected chi connectivity index (χ4v) is 3.05. The molecule has 3 rings (SSSR count). The molecule has 6 nitrogen and oxygen atoms in total. The summed E-state index contributed by atoms with van der Waals surface area (Å²) in [7, 11) is 0. The average Bonchev–Trinajstić information content (AvgIpc) is 3.29. The van der Waals surface area contributed by atoms with E-state index in [2.05, 4.69) is 0 Å². The Morgan fingerprint density at radius 2 is 0.840 bits per heavy atom. The van der Waals surface area contributed by atoms with Crippen LogP contribution in [0.2, 0.25) is 0 Å². The van der Waals surface area contributed by atoms with Gasteiger partial charge in [-0.1, -0.05) is 0 Å². The van der Waals surface area contributed by atoms with Gasteiger partial charge in [-0.2, -0.15) is 34.0 Å². The molecule has 0 fully saturated rings. The number of hydrogen-bond donors (Lipinski definition) is 3. The van der Waals surface area contributed by atoms with Crippen molar-refractivity contribution in [3.63, 3.8) is 0 Å². The van der Waals surface area contributed by atoms with Crippen LogP contribution in [0.25, 0.3) is 0 Å². The van der Waals surface area contributed by atoms with Crippen LogP contribution in [0.5, 0.6) is 0 Å². The van der Waals surface area contributed by atoms with Gasteiger partial charge in [-0.05, 0) is 34.3 Å². The third-order valence-electron chi connectivity index (χ3n) is 2.30. The van der Waals surface area contributed by atoms with E-state index in [4.69, 9.17) is 15.3 Å². The zero-order valence-corrected chi connectivity index (χ0v) is 17.2. The van der Waals surface area contributed by atoms with E-state index in [1.807, 2.05) is 0 Å². The molecular formula is C15H12EuO6S3. The van der Waals surface area contributed by atoms with Crippen molar-refractivity contribution in [2.75, 3.05) is 0 Å². The number of rotatable bonds is 3. The van der Waals surface area contributed by atoms with Gasteiger partial charge in [-0.15, -0.1) is 0 Å². The molecule has 0 saturated carbocycles. The first-order valence-electron chi connectivity index (χ1n) is 6.18. The van der Waals surface area contributed by atoms with Crippen LogP contribution in [0.15, 0.2) is 50.5 Å². The molecule has 3 aromatic rings. The van der Waals surface area contributed by atoms with E-state index >= 15 is 0 Å². The molecule has 0 amide bonds. The van der Waals surface area contributed by atoms with Crippen molar-refractivity contribution in [1.29, 1.82) is 0 Å². The molecule has 10 heteroatoms. The van der Waals surface area contributed by atoms with E-state index in [9.17, 15) is 14.4 Å².